The minimum Gasteiger partial charge on any atom is -0.335 e. The summed E-state index contributed by atoms with van der Waals surface area (Å²) in [4.78, 5) is 16.0. The van der Waals surface area contributed by atoms with Gasteiger partial charge in [-0.25, -0.2) is 9.78 Å². The van der Waals surface area contributed by atoms with Crippen molar-refractivity contribution in [2.75, 3.05) is 0 Å². The number of rotatable bonds is 3. The van der Waals surface area contributed by atoms with Crippen molar-refractivity contribution in [1.29, 1.82) is 0 Å². The second-order valence-electron chi connectivity index (χ2n) is 5.70. The number of halogens is 3. The summed E-state index contributed by atoms with van der Waals surface area (Å²) < 4.78 is 40.5. The molecule has 116 valence electrons. The minimum atomic E-state index is -4.39. The van der Waals surface area contributed by atoms with E-state index in [1.54, 1.807) is 6.20 Å². The molecule has 2 unspecified atom stereocenters. The lowest BCUT2D eigenvalue weighted by atomic mass is 10.1. The van der Waals surface area contributed by atoms with E-state index < -0.39 is 24.2 Å². The fraction of sp³-hybridized carbons (Fsp3) is 0.692. The van der Waals surface area contributed by atoms with E-state index in [2.05, 4.69) is 15.6 Å². The van der Waals surface area contributed by atoms with E-state index in [0.717, 1.165) is 5.82 Å². The van der Waals surface area contributed by atoms with Crippen molar-refractivity contribution < 1.29 is 18.0 Å². The first-order chi connectivity index (χ1) is 9.93. The standard InChI is InChI=1S/C13H17F3N4O/c14-13(15,16)11(8-1-2-8)19-12(21)18-9-3-5-20-6-4-17-10(20)7-9/h4,6,8-9,11H,1-3,5,7H2,(H2,18,19,21). The van der Waals surface area contributed by atoms with Crippen LogP contribution in [0, 0.1) is 5.92 Å². The maximum atomic E-state index is 12.8. The van der Waals surface area contributed by atoms with Crippen LogP contribution in [0.5, 0.6) is 0 Å². The zero-order valence-electron chi connectivity index (χ0n) is 11.4. The molecule has 1 aliphatic heterocycles. The zero-order chi connectivity index (χ0) is 15.0. The molecule has 21 heavy (non-hydrogen) atoms. The molecular weight excluding hydrogens is 285 g/mol. The highest BCUT2D eigenvalue weighted by molar-refractivity contribution is 5.74. The summed E-state index contributed by atoms with van der Waals surface area (Å²) in [6.45, 7) is 0.714. The number of alkyl halides is 3. The molecule has 0 radical (unpaired) electrons. The number of fused-ring (bicyclic) bond motifs is 1. The van der Waals surface area contributed by atoms with Gasteiger partial charge in [-0.05, 0) is 25.2 Å². The number of nitrogens with one attached hydrogen (secondary N) is 2. The predicted molar refractivity (Wildman–Crippen MR) is 68.6 cm³/mol. The highest BCUT2D eigenvalue weighted by Gasteiger charge is 2.49. The van der Waals surface area contributed by atoms with E-state index >= 15 is 0 Å². The van der Waals surface area contributed by atoms with E-state index in [1.165, 1.54) is 0 Å². The van der Waals surface area contributed by atoms with Crippen molar-refractivity contribution in [2.24, 2.45) is 5.92 Å². The van der Waals surface area contributed by atoms with Crippen LogP contribution in [0.15, 0.2) is 12.4 Å². The molecule has 1 aromatic rings. The quantitative estimate of drug-likeness (QED) is 0.895. The van der Waals surface area contributed by atoms with Crippen LogP contribution in [0.2, 0.25) is 0 Å². The number of aromatic nitrogens is 2. The normalized spacial score (nSPS) is 23.3. The van der Waals surface area contributed by atoms with Gasteiger partial charge in [-0.1, -0.05) is 0 Å². The Morgan fingerprint density at radius 2 is 2.14 bits per heavy atom. The third-order valence-electron chi connectivity index (χ3n) is 4.02. The lowest BCUT2D eigenvalue weighted by molar-refractivity contribution is -0.157. The van der Waals surface area contributed by atoms with Gasteiger partial charge in [0.25, 0.3) is 0 Å². The molecule has 0 spiro atoms. The van der Waals surface area contributed by atoms with E-state index in [4.69, 9.17) is 0 Å². The van der Waals surface area contributed by atoms with Gasteiger partial charge in [-0.2, -0.15) is 13.2 Å². The summed E-state index contributed by atoms with van der Waals surface area (Å²) in [5, 5.41) is 4.71. The average Bonchev–Trinajstić information content (AvgIpc) is 3.12. The smallest absolute Gasteiger partial charge is 0.335 e. The number of urea groups is 1. The first-order valence-corrected chi connectivity index (χ1v) is 7.07. The number of hydrogen-bond donors (Lipinski definition) is 2. The van der Waals surface area contributed by atoms with Crippen molar-refractivity contribution in [3.8, 4) is 0 Å². The number of imidazole rings is 1. The SMILES string of the molecule is O=C(NC1CCn2ccnc2C1)NC(C1CC1)C(F)(F)F. The number of carbonyl (C=O) groups is 1. The largest absolute Gasteiger partial charge is 0.408 e. The fourth-order valence-electron chi connectivity index (χ4n) is 2.74. The molecule has 0 aromatic carbocycles. The van der Waals surface area contributed by atoms with Crippen molar-refractivity contribution in [3.63, 3.8) is 0 Å². The summed E-state index contributed by atoms with van der Waals surface area (Å²) in [5.74, 6) is 0.377. The van der Waals surface area contributed by atoms with Gasteiger partial charge in [-0.3, -0.25) is 0 Å². The number of hydrogen-bond acceptors (Lipinski definition) is 2. The Bertz CT molecular complexity index is 524. The van der Waals surface area contributed by atoms with Crippen LogP contribution in [0.1, 0.15) is 25.1 Å². The first-order valence-electron chi connectivity index (χ1n) is 7.07. The molecule has 1 aromatic heterocycles. The van der Waals surface area contributed by atoms with Gasteiger partial charge in [-0.15, -0.1) is 0 Å². The van der Waals surface area contributed by atoms with Gasteiger partial charge in [0, 0.05) is 31.4 Å². The van der Waals surface area contributed by atoms with Crippen LogP contribution in [-0.2, 0) is 13.0 Å². The Morgan fingerprint density at radius 3 is 2.81 bits per heavy atom. The molecule has 2 amide bonds. The number of amides is 2. The third-order valence-corrected chi connectivity index (χ3v) is 4.02. The van der Waals surface area contributed by atoms with Crippen LogP contribution in [0.25, 0.3) is 0 Å². The monoisotopic (exact) mass is 302 g/mol. The van der Waals surface area contributed by atoms with Crippen molar-refractivity contribution in [2.45, 2.75) is 50.5 Å². The summed E-state index contributed by atoms with van der Waals surface area (Å²) in [7, 11) is 0. The molecule has 2 N–H and O–H groups in total. The Morgan fingerprint density at radius 1 is 1.38 bits per heavy atom. The summed E-state index contributed by atoms with van der Waals surface area (Å²) >= 11 is 0. The average molecular weight is 302 g/mol. The molecule has 2 atom stereocenters. The molecule has 0 saturated heterocycles. The second kappa shape index (κ2) is 5.23. The Balaban J connectivity index is 1.55. The van der Waals surface area contributed by atoms with Crippen LogP contribution in [-0.4, -0.2) is 33.8 Å². The number of carbonyl (C=O) groups excluding carboxylic acids is 1. The zero-order valence-corrected chi connectivity index (χ0v) is 11.4. The van der Waals surface area contributed by atoms with Crippen LogP contribution < -0.4 is 10.6 Å². The molecule has 2 aliphatic rings. The van der Waals surface area contributed by atoms with Gasteiger partial charge in [0.1, 0.15) is 11.9 Å². The highest BCUT2D eigenvalue weighted by atomic mass is 19.4. The van der Waals surface area contributed by atoms with Gasteiger partial charge in [0.05, 0.1) is 0 Å². The Kier molecular flexibility index (Phi) is 3.54. The summed E-state index contributed by atoms with van der Waals surface area (Å²) in [6, 6.07) is -2.65. The Hall–Kier alpha value is -1.73. The predicted octanol–water partition coefficient (Wildman–Crippen LogP) is 1.84. The fourth-order valence-corrected chi connectivity index (χ4v) is 2.74. The van der Waals surface area contributed by atoms with Crippen molar-refractivity contribution in [1.82, 2.24) is 20.2 Å². The molecule has 1 saturated carbocycles. The molecule has 1 fully saturated rings. The van der Waals surface area contributed by atoms with Crippen LogP contribution >= 0.6 is 0 Å². The lowest BCUT2D eigenvalue weighted by Crippen LogP contribution is -2.53. The Labute approximate surface area is 119 Å². The van der Waals surface area contributed by atoms with Gasteiger partial charge >= 0.3 is 12.2 Å². The number of nitrogens with zero attached hydrogens (tertiary/aromatic N) is 2. The first kappa shape index (κ1) is 14.2. The molecular formula is C13H17F3N4O. The molecule has 5 nitrogen and oxygen atoms in total. The van der Waals surface area contributed by atoms with Crippen molar-refractivity contribution >= 4 is 6.03 Å². The van der Waals surface area contributed by atoms with Crippen molar-refractivity contribution in [3.05, 3.63) is 18.2 Å². The summed E-state index contributed by atoms with van der Waals surface area (Å²) in [6.07, 6.45) is 1.43. The maximum Gasteiger partial charge on any atom is 0.408 e. The molecule has 1 aliphatic carbocycles. The topological polar surface area (TPSA) is 59.0 Å². The number of aryl methyl sites for hydroxylation is 1. The highest BCUT2D eigenvalue weighted by Crippen LogP contribution is 2.40. The molecule has 0 bridgehead atoms. The van der Waals surface area contributed by atoms with Crippen LogP contribution in [0.4, 0.5) is 18.0 Å². The minimum absolute atomic E-state index is 0.173. The van der Waals surface area contributed by atoms with E-state index in [9.17, 15) is 18.0 Å². The lowest BCUT2D eigenvalue weighted by Gasteiger charge is -2.26. The second-order valence-corrected chi connectivity index (χ2v) is 5.70. The molecule has 8 heteroatoms. The van der Waals surface area contributed by atoms with E-state index in [-0.39, 0.29) is 6.04 Å². The van der Waals surface area contributed by atoms with Gasteiger partial charge in [0.2, 0.25) is 0 Å². The van der Waals surface area contributed by atoms with E-state index in [0.29, 0.717) is 32.2 Å². The maximum absolute atomic E-state index is 12.8. The third kappa shape index (κ3) is 3.30. The van der Waals surface area contributed by atoms with E-state index in [1.807, 2.05) is 10.8 Å². The molecule has 2 heterocycles. The van der Waals surface area contributed by atoms with Gasteiger partial charge in [0.15, 0.2) is 0 Å². The summed E-state index contributed by atoms with van der Waals surface area (Å²) in [5.41, 5.74) is 0. The van der Waals surface area contributed by atoms with Gasteiger partial charge < -0.3 is 15.2 Å². The van der Waals surface area contributed by atoms with Crippen LogP contribution in [0.3, 0.4) is 0 Å². The molecule has 3 rings (SSSR count).